The van der Waals surface area contributed by atoms with Gasteiger partial charge in [-0.3, -0.25) is 0 Å². The molecule has 2 heterocycles. The molecular formula is C9H14BrN3S. The lowest BCUT2D eigenvalue weighted by Crippen LogP contribution is -2.50. The zero-order chi connectivity index (χ0) is 10.1. The fourth-order valence-corrected chi connectivity index (χ4v) is 3.18. The van der Waals surface area contributed by atoms with E-state index in [0.717, 1.165) is 29.4 Å². The quantitative estimate of drug-likeness (QED) is 0.782. The van der Waals surface area contributed by atoms with Gasteiger partial charge in [-0.1, -0.05) is 0 Å². The van der Waals surface area contributed by atoms with Gasteiger partial charge >= 0.3 is 0 Å². The Morgan fingerprint density at radius 2 is 2.36 bits per heavy atom. The predicted molar refractivity (Wildman–Crippen MR) is 64.1 cm³/mol. The number of rotatable bonds is 1. The molecule has 1 atom stereocenters. The van der Waals surface area contributed by atoms with Gasteiger partial charge in [0.2, 0.25) is 0 Å². The summed E-state index contributed by atoms with van der Waals surface area (Å²) < 4.78 is 0.948. The molecule has 0 aliphatic carbocycles. The van der Waals surface area contributed by atoms with Crippen molar-refractivity contribution < 1.29 is 0 Å². The minimum Gasteiger partial charge on any atom is -0.343 e. The highest BCUT2D eigenvalue weighted by atomic mass is 79.9. The summed E-state index contributed by atoms with van der Waals surface area (Å²) in [4.78, 5) is 9.20. The Hall–Kier alpha value is -0.130. The highest BCUT2D eigenvalue weighted by molar-refractivity contribution is 9.10. The first-order valence-corrected chi connectivity index (χ1v) is 6.40. The highest BCUT2D eigenvalue weighted by Crippen LogP contribution is 2.26. The van der Waals surface area contributed by atoms with E-state index in [-0.39, 0.29) is 0 Å². The third-order valence-corrected chi connectivity index (χ3v) is 4.13. The van der Waals surface area contributed by atoms with Crippen molar-refractivity contribution in [3.05, 3.63) is 9.98 Å². The fraction of sp³-hybridized carbons (Fsp3) is 0.667. The second kappa shape index (κ2) is 4.16. The normalized spacial score (nSPS) is 24.2. The molecule has 1 aliphatic rings. The molecule has 14 heavy (non-hydrogen) atoms. The van der Waals surface area contributed by atoms with Crippen molar-refractivity contribution in [1.82, 2.24) is 9.88 Å². The molecule has 1 aromatic heterocycles. The van der Waals surface area contributed by atoms with E-state index >= 15 is 0 Å². The summed E-state index contributed by atoms with van der Waals surface area (Å²) in [6.07, 6.45) is 0. The number of likely N-dealkylation sites (N-methyl/N-ethyl adjacent to an activating group) is 1. The van der Waals surface area contributed by atoms with E-state index < -0.39 is 0 Å². The summed E-state index contributed by atoms with van der Waals surface area (Å²) in [5.74, 6) is 0. The molecular weight excluding hydrogens is 262 g/mol. The summed E-state index contributed by atoms with van der Waals surface area (Å²) in [5, 5.41) is 3.18. The second-order valence-electron chi connectivity index (χ2n) is 3.76. The molecule has 0 radical (unpaired) electrons. The van der Waals surface area contributed by atoms with Crippen molar-refractivity contribution in [3.8, 4) is 0 Å². The molecule has 78 valence electrons. The first-order chi connectivity index (χ1) is 6.66. The van der Waals surface area contributed by atoms with Crippen molar-refractivity contribution in [3.63, 3.8) is 0 Å². The monoisotopic (exact) mass is 275 g/mol. The second-order valence-corrected chi connectivity index (χ2v) is 5.41. The summed E-state index contributed by atoms with van der Waals surface area (Å²) in [7, 11) is 2.17. The van der Waals surface area contributed by atoms with Crippen LogP contribution in [0.3, 0.4) is 0 Å². The van der Waals surface area contributed by atoms with Crippen molar-refractivity contribution in [2.75, 3.05) is 31.6 Å². The van der Waals surface area contributed by atoms with Gasteiger partial charge in [0.05, 0.1) is 0 Å². The van der Waals surface area contributed by atoms with Crippen LogP contribution in [0.1, 0.15) is 6.92 Å². The lowest BCUT2D eigenvalue weighted by atomic mass is 10.2. The first kappa shape index (κ1) is 10.4. The zero-order valence-corrected chi connectivity index (χ0v) is 10.8. The average molecular weight is 276 g/mol. The van der Waals surface area contributed by atoms with Crippen LogP contribution in [0.2, 0.25) is 0 Å². The minimum atomic E-state index is 0.562. The van der Waals surface area contributed by atoms with Gasteiger partial charge in [0.25, 0.3) is 0 Å². The van der Waals surface area contributed by atoms with Crippen LogP contribution < -0.4 is 4.90 Å². The molecule has 0 saturated carbocycles. The number of hydrogen-bond acceptors (Lipinski definition) is 4. The number of aromatic nitrogens is 1. The molecule has 0 bridgehead atoms. The Kier molecular flexibility index (Phi) is 3.09. The van der Waals surface area contributed by atoms with Crippen molar-refractivity contribution >= 4 is 32.4 Å². The molecule has 1 unspecified atom stereocenters. The summed E-state index contributed by atoms with van der Waals surface area (Å²) in [6.45, 7) is 5.58. The predicted octanol–water partition coefficient (Wildman–Crippen LogP) is 2.05. The standard InChI is InChI=1S/C9H14BrN3S/c1-7-5-12(2)3-4-13(7)9-11-8(10)6-14-9/h6-7H,3-5H2,1-2H3. The Balaban J connectivity index is 2.11. The van der Waals surface area contributed by atoms with E-state index in [1.807, 2.05) is 5.38 Å². The third kappa shape index (κ3) is 2.10. The van der Waals surface area contributed by atoms with E-state index in [9.17, 15) is 0 Å². The number of anilines is 1. The number of halogens is 1. The minimum absolute atomic E-state index is 0.562. The fourth-order valence-electron chi connectivity index (χ4n) is 1.80. The van der Waals surface area contributed by atoms with Gasteiger partial charge < -0.3 is 9.80 Å². The maximum atomic E-state index is 4.45. The summed E-state index contributed by atoms with van der Waals surface area (Å²) in [6, 6.07) is 0.562. The van der Waals surface area contributed by atoms with Crippen LogP contribution >= 0.6 is 27.3 Å². The van der Waals surface area contributed by atoms with Crippen LogP contribution in [0.5, 0.6) is 0 Å². The molecule has 1 aliphatic heterocycles. The maximum absolute atomic E-state index is 4.45. The van der Waals surface area contributed by atoms with Crippen molar-refractivity contribution in [1.29, 1.82) is 0 Å². The van der Waals surface area contributed by atoms with Crippen molar-refractivity contribution in [2.45, 2.75) is 13.0 Å². The Labute approximate surface area is 96.9 Å². The molecule has 2 rings (SSSR count). The molecule has 5 heteroatoms. The van der Waals surface area contributed by atoms with Crippen LogP contribution in [-0.4, -0.2) is 42.6 Å². The molecule has 1 fully saturated rings. The van der Waals surface area contributed by atoms with Crippen LogP contribution in [0.4, 0.5) is 5.13 Å². The number of piperazine rings is 1. The Bertz CT molecular complexity index is 315. The van der Waals surface area contributed by atoms with Gasteiger partial charge in [0.1, 0.15) is 4.60 Å². The SMILES string of the molecule is CC1CN(C)CCN1c1nc(Br)cs1. The van der Waals surface area contributed by atoms with E-state index in [1.54, 1.807) is 11.3 Å². The van der Waals surface area contributed by atoms with Crippen LogP contribution in [0.15, 0.2) is 9.98 Å². The number of nitrogens with zero attached hydrogens (tertiary/aromatic N) is 3. The molecule has 1 saturated heterocycles. The van der Waals surface area contributed by atoms with E-state index in [1.165, 1.54) is 0 Å². The molecule has 0 aromatic carbocycles. The van der Waals surface area contributed by atoms with E-state index in [2.05, 4.69) is 44.7 Å². The van der Waals surface area contributed by atoms with Crippen LogP contribution in [-0.2, 0) is 0 Å². The lowest BCUT2D eigenvalue weighted by molar-refractivity contribution is 0.275. The van der Waals surface area contributed by atoms with Gasteiger partial charge in [-0.05, 0) is 29.9 Å². The summed E-state index contributed by atoms with van der Waals surface area (Å²) in [5.41, 5.74) is 0. The van der Waals surface area contributed by atoms with Gasteiger partial charge in [-0.2, -0.15) is 0 Å². The van der Waals surface area contributed by atoms with Gasteiger partial charge in [-0.15, -0.1) is 11.3 Å². The highest BCUT2D eigenvalue weighted by Gasteiger charge is 2.23. The van der Waals surface area contributed by atoms with Gasteiger partial charge in [0, 0.05) is 31.1 Å². The lowest BCUT2D eigenvalue weighted by Gasteiger charge is -2.38. The molecule has 3 nitrogen and oxygen atoms in total. The third-order valence-electron chi connectivity index (χ3n) is 2.54. The van der Waals surface area contributed by atoms with Crippen molar-refractivity contribution in [2.24, 2.45) is 0 Å². The number of hydrogen-bond donors (Lipinski definition) is 0. The van der Waals surface area contributed by atoms with E-state index in [4.69, 9.17) is 0 Å². The topological polar surface area (TPSA) is 19.4 Å². The van der Waals surface area contributed by atoms with Crippen LogP contribution in [0, 0.1) is 0 Å². The molecule has 0 spiro atoms. The number of thiazole rings is 1. The van der Waals surface area contributed by atoms with Crippen LogP contribution in [0.25, 0.3) is 0 Å². The Morgan fingerprint density at radius 1 is 1.57 bits per heavy atom. The van der Waals surface area contributed by atoms with E-state index in [0.29, 0.717) is 6.04 Å². The van der Waals surface area contributed by atoms with Gasteiger partial charge in [0.15, 0.2) is 5.13 Å². The Morgan fingerprint density at radius 3 is 2.93 bits per heavy atom. The maximum Gasteiger partial charge on any atom is 0.186 e. The molecule has 0 amide bonds. The molecule has 1 aromatic rings. The average Bonchev–Trinajstić information content (AvgIpc) is 2.51. The zero-order valence-electron chi connectivity index (χ0n) is 8.40. The van der Waals surface area contributed by atoms with Gasteiger partial charge in [-0.25, -0.2) is 4.98 Å². The summed E-state index contributed by atoms with van der Waals surface area (Å²) >= 11 is 5.10. The molecule has 0 N–H and O–H groups in total. The largest absolute Gasteiger partial charge is 0.343 e. The first-order valence-electron chi connectivity index (χ1n) is 4.73. The smallest absolute Gasteiger partial charge is 0.186 e.